The maximum atomic E-state index is 12.7. The monoisotopic (exact) mass is 477 g/mol. The van der Waals surface area contributed by atoms with Crippen molar-refractivity contribution in [2.75, 3.05) is 18.9 Å². The third-order valence-corrected chi connectivity index (χ3v) is 5.12. The van der Waals surface area contributed by atoms with Crippen molar-refractivity contribution in [3.8, 4) is 0 Å². The molecule has 0 aromatic rings. The third kappa shape index (κ3) is 10.6. The number of carbonyl (C=O) groups is 4. The van der Waals surface area contributed by atoms with E-state index in [1.54, 1.807) is 6.92 Å². The first kappa shape index (κ1) is 29.4. The maximum Gasteiger partial charge on any atom is 0.328 e. The molecule has 0 aliphatic carbocycles. The number of thiol groups is 1. The molecule has 0 bridgehead atoms. The number of nitrogens with zero attached hydrogens (tertiary/aromatic N) is 1. The molecule has 13 nitrogen and oxygen atoms in total. The number of aliphatic imine (C=N–C) groups is 1. The predicted octanol–water partition coefficient (Wildman–Crippen LogP) is -3.13. The number of carboxylic acids is 1. The minimum Gasteiger partial charge on any atom is -0.480 e. The number of aliphatic carboxylic acids is 1. The number of rotatable bonds is 15. The normalized spacial score (nSPS) is 15.4. The Kier molecular flexibility index (Phi) is 14.0. The zero-order valence-corrected chi connectivity index (χ0v) is 19.2. The van der Waals surface area contributed by atoms with Crippen molar-refractivity contribution >= 4 is 42.3 Å². The number of amides is 3. The van der Waals surface area contributed by atoms with Crippen LogP contribution in [0.3, 0.4) is 0 Å². The van der Waals surface area contributed by atoms with Crippen LogP contribution in [-0.2, 0) is 19.2 Å². The minimum atomic E-state index is -1.55. The first-order valence-corrected chi connectivity index (χ1v) is 10.8. The number of nitrogens with two attached hydrogens (primary N) is 3. The summed E-state index contributed by atoms with van der Waals surface area (Å²) in [5.74, 6) is -3.83. The van der Waals surface area contributed by atoms with Crippen LogP contribution in [0.25, 0.3) is 0 Å². The Morgan fingerprint density at radius 2 is 1.53 bits per heavy atom. The SMILES string of the molecule is CCC(C)C(N)C(=O)NC(CS)C(=O)NC(CCCN=C(N)N)C(=O)NC(CO)C(=O)O. The zero-order valence-electron chi connectivity index (χ0n) is 18.3. The molecule has 0 heterocycles. The molecule has 0 fully saturated rings. The van der Waals surface area contributed by atoms with Crippen LogP contribution in [0.1, 0.15) is 33.1 Å². The van der Waals surface area contributed by atoms with E-state index in [0.717, 1.165) is 0 Å². The van der Waals surface area contributed by atoms with Crippen LogP contribution in [0.2, 0.25) is 0 Å². The lowest BCUT2D eigenvalue weighted by Crippen LogP contribution is -2.58. The molecule has 0 radical (unpaired) electrons. The molecular formula is C18H35N7O6S. The molecule has 0 saturated heterocycles. The van der Waals surface area contributed by atoms with E-state index in [0.29, 0.717) is 6.42 Å². The van der Waals surface area contributed by atoms with Crippen molar-refractivity contribution in [2.24, 2.45) is 28.1 Å². The first-order chi connectivity index (χ1) is 15.0. The molecule has 0 rings (SSSR count). The van der Waals surface area contributed by atoms with Crippen LogP contribution in [0.5, 0.6) is 0 Å². The van der Waals surface area contributed by atoms with E-state index in [-0.39, 0.29) is 37.0 Å². The van der Waals surface area contributed by atoms with Gasteiger partial charge in [-0.3, -0.25) is 19.4 Å². The van der Waals surface area contributed by atoms with Crippen molar-refractivity contribution in [1.29, 1.82) is 0 Å². The molecule has 3 amide bonds. The van der Waals surface area contributed by atoms with E-state index < -0.39 is 54.5 Å². The Morgan fingerprint density at radius 3 is 2.00 bits per heavy atom. The number of hydrogen-bond acceptors (Lipinski definition) is 8. The number of aliphatic hydroxyl groups is 1. The molecule has 14 heteroatoms. The van der Waals surface area contributed by atoms with E-state index in [1.165, 1.54) is 0 Å². The molecule has 0 aliphatic heterocycles. The lowest BCUT2D eigenvalue weighted by molar-refractivity contribution is -0.143. The lowest BCUT2D eigenvalue weighted by Gasteiger charge is -2.25. The average molecular weight is 478 g/mol. The van der Waals surface area contributed by atoms with E-state index in [1.807, 2.05) is 6.92 Å². The second kappa shape index (κ2) is 15.3. The van der Waals surface area contributed by atoms with E-state index >= 15 is 0 Å². The average Bonchev–Trinajstić information content (AvgIpc) is 2.75. The lowest BCUT2D eigenvalue weighted by atomic mass is 9.99. The molecule has 0 saturated carbocycles. The van der Waals surface area contributed by atoms with Crippen molar-refractivity contribution in [3.05, 3.63) is 0 Å². The second-order valence-electron chi connectivity index (χ2n) is 7.25. The van der Waals surface area contributed by atoms with Crippen LogP contribution in [0.15, 0.2) is 4.99 Å². The summed E-state index contributed by atoms with van der Waals surface area (Å²) < 4.78 is 0. The van der Waals surface area contributed by atoms with E-state index in [9.17, 15) is 19.2 Å². The smallest absolute Gasteiger partial charge is 0.328 e. The third-order valence-electron chi connectivity index (χ3n) is 4.75. The number of nitrogens with one attached hydrogen (secondary N) is 3. The van der Waals surface area contributed by atoms with E-state index in [4.69, 9.17) is 27.4 Å². The zero-order chi connectivity index (χ0) is 24.8. The Labute approximate surface area is 192 Å². The first-order valence-electron chi connectivity index (χ1n) is 10.1. The maximum absolute atomic E-state index is 12.7. The molecule has 184 valence electrons. The van der Waals surface area contributed by atoms with Gasteiger partial charge in [0.1, 0.15) is 18.1 Å². The van der Waals surface area contributed by atoms with Crippen LogP contribution in [-0.4, -0.2) is 82.9 Å². The highest BCUT2D eigenvalue weighted by molar-refractivity contribution is 7.80. The molecule has 5 atom stereocenters. The molecule has 0 spiro atoms. The largest absolute Gasteiger partial charge is 0.480 e. The summed E-state index contributed by atoms with van der Waals surface area (Å²) in [5, 5.41) is 25.3. The highest BCUT2D eigenvalue weighted by Crippen LogP contribution is 2.06. The standard InChI is InChI=1S/C18H35N7O6S/c1-3-9(2)13(19)16(29)25-12(8-32)15(28)23-10(5-4-6-22-18(20)21)14(27)24-11(7-26)17(30)31/h9-13,26,32H,3-8,19H2,1-2H3,(H,23,28)(H,24,27)(H,25,29)(H,30,31)(H4,20,21,22). The molecule has 0 aromatic heterocycles. The van der Waals surface area contributed by atoms with Crippen molar-refractivity contribution in [2.45, 2.75) is 57.3 Å². The number of hydrogen-bond donors (Lipinski definition) is 9. The van der Waals surface area contributed by atoms with Crippen LogP contribution >= 0.6 is 12.6 Å². The molecule has 11 N–H and O–H groups in total. The van der Waals surface area contributed by atoms with Crippen molar-refractivity contribution in [3.63, 3.8) is 0 Å². The molecule has 5 unspecified atom stereocenters. The summed E-state index contributed by atoms with van der Waals surface area (Å²) >= 11 is 4.08. The topological polar surface area (TPSA) is 235 Å². The van der Waals surface area contributed by atoms with Gasteiger partial charge in [-0.15, -0.1) is 0 Å². The number of aliphatic hydroxyl groups excluding tert-OH is 1. The highest BCUT2D eigenvalue weighted by Gasteiger charge is 2.30. The van der Waals surface area contributed by atoms with Gasteiger partial charge >= 0.3 is 5.97 Å². The fourth-order valence-corrected chi connectivity index (χ4v) is 2.73. The Balaban J connectivity index is 5.31. The van der Waals surface area contributed by atoms with Crippen molar-refractivity contribution in [1.82, 2.24) is 16.0 Å². The number of carbonyl (C=O) groups excluding carboxylic acids is 3. The van der Waals surface area contributed by atoms with Gasteiger partial charge in [0.05, 0.1) is 12.6 Å². The second-order valence-corrected chi connectivity index (χ2v) is 7.61. The fourth-order valence-electron chi connectivity index (χ4n) is 2.48. The van der Waals surface area contributed by atoms with Gasteiger partial charge in [0.2, 0.25) is 17.7 Å². The fraction of sp³-hybridized carbons (Fsp3) is 0.722. The minimum absolute atomic E-state index is 0.0613. The van der Waals surface area contributed by atoms with Gasteiger partial charge in [0, 0.05) is 12.3 Å². The Hall–Kier alpha value is -2.58. The van der Waals surface area contributed by atoms with Gasteiger partial charge in [0.25, 0.3) is 0 Å². The Morgan fingerprint density at radius 1 is 1.00 bits per heavy atom. The molecular weight excluding hydrogens is 442 g/mol. The van der Waals surface area contributed by atoms with Crippen LogP contribution < -0.4 is 33.2 Å². The summed E-state index contributed by atoms with van der Waals surface area (Å²) in [5.41, 5.74) is 16.4. The number of carboxylic acid groups (broad SMARTS) is 1. The Bertz CT molecular complexity index is 674. The summed E-state index contributed by atoms with van der Waals surface area (Å²) in [6.07, 6.45) is 1.01. The van der Waals surface area contributed by atoms with Crippen LogP contribution in [0, 0.1) is 5.92 Å². The van der Waals surface area contributed by atoms with E-state index in [2.05, 4.69) is 33.6 Å². The van der Waals surface area contributed by atoms with Gasteiger partial charge in [-0.25, -0.2) is 4.79 Å². The van der Waals surface area contributed by atoms with Gasteiger partial charge in [-0.1, -0.05) is 20.3 Å². The number of guanidine groups is 1. The predicted molar refractivity (Wildman–Crippen MR) is 122 cm³/mol. The molecule has 32 heavy (non-hydrogen) atoms. The van der Waals surface area contributed by atoms with Crippen LogP contribution in [0.4, 0.5) is 0 Å². The molecule has 0 aromatic carbocycles. The van der Waals surface area contributed by atoms with Gasteiger partial charge in [-0.05, 0) is 18.8 Å². The summed E-state index contributed by atoms with van der Waals surface area (Å²) in [6, 6.07) is -4.63. The highest BCUT2D eigenvalue weighted by atomic mass is 32.1. The summed E-state index contributed by atoms with van der Waals surface area (Å²) in [7, 11) is 0. The van der Waals surface area contributed by atoms with Gasteiger partial charge in [-0.2, -0.15) is 12.6 Å². The van der Waals surface area contributed by atoms with Crippen molar-refractivity contribution < 1.29 is 29.4 Å². The quantitative estimate of drug-likeness (QED) is 0.0501. The van der Waals surface area contributed by atoms with Gasteiger partial charge < -0.3 is 43.4 Å². The van der Waals surface area contributed by atoms with Gasteiger partial charge in [0.15, 0.2) is 5.96 Å². The summed E-state index contributed by atoms with van der Waals surface area (Å²) in [6.45, 7) is 3.01. The summed E-state index contributed by atoms with van der Waals surface area (Å²) in [4.78, 5) is 52.4. The molecule has 0 aliphatic rings.